The maximum atomic E-state index is 4.65. The zero-order valence-electron chi connectivity index (χ0n) is 4.14. The summed E-state index contributed by atoms with van der Waals surface area (Å²) in [6.45, 7) is 1.95. The van der Waals surface area contributed by atoms with Gasteiger partial charge >= 0.3 is 0 Å². The molecule has 2 heteroatoms. The average Bonchev–Trinajstić information content (AvgIpc) is 2.14. The third kappa shape index (κ3) is 0.738. The molecule has 0 unspecified atom stereocenters. The SMILES string of the molecule is CC=C1C=CON1. The highest BCUT2D eigenvalue weighted by atomic mass is 16.6. The molecule has 2 nitrogen and oxygen atoms in total. The van der Waals surface area contributed by atoms with E-state index >= 15 is 0 Å². The van der Waals surface area contributed by atoms with Gasteiger partial charge in [0.25, 0.3) is 0 Å². The van der Waals surface area contributed by atoms with Crippen LogP contribution in [-0.4, -0.2) is 0 Å². The molecule has 0 aromatic heterocycles. The van der Waals surface area contributed by atoms with Crippen molar-refractivity contribution in [2.24, 2.45) is 0 Å². The lowest BCUT2D eigenvalue weighted by molar-refractivity contribution is 0.186. The van der Waals surface area contributed by atoms with E-state index in [2.05, 4.69) is 10.3 Å². The third-order valence-electron chi connectivity index (χ3n) is 0.803. The van der Waals surface area contributed by atoms with Crippen molar-refractivity contribution >= 4 is 0 Å². The molecule has 0 saturated carbocycles. The van der Waals surface area contributed by atoms with Crippen LogP contribution < -0.4 is 5.48 Å². The van der Waals surface area contributed by atoms with Crippen molar-refractivity contribution in [3.8, 4) is 0 Å². The van der Waals surface area contributed by atoms with Crippen LogP contribution in [0.5, 0.6) is 0 Å². The van der Waals surface area contributed by atoms with Crippen molar-refractivity contribution in [1.29, 1.82) is 0 Å². The molecule has 0 amide bonds. The first-order valence-corrected chi connectivity index (χ1v) is 2.18. The molecule has 1 N–H and O–H groups in total. The quantitative estimate of drug-likeness (QED) is 0.485. The summed E-state index contributed by atoms with van der Waals surface area (Å²) in [5.74, 6) is 0. The number of hydrogen-bond acceptors (Lipinski definition) is 2. The van der Waals surface area contributed by atoms with Gasteiger partial charge in [0.05, 0.1) is 5.70 Å². The van der Waals surface area contributed by atoms with Crippen molar-refractivity contribution in [2.45, 2.75) is 6.92 Å². The summed E-state index contributed by atoms with van der Waals surface area (Å²) in [7, 11) is 0. The molecule has 1 heterocycles. The van der Waals surface area contributed by atoms with E-state index in [-0.39, 0.29) is 0 Å². The van der Waals surface area contributed by atoms with Gasteiger partial charge in [-0.2, -0.15) is 0 Å². The smallest absolute Gasteiger partial charge is 0.121 e. The molecule has 0 aromatic carbocycles. The highest BCUT2D eigenvalue weighted by Gasteiger charge is 1.92. The van der Waals surface area contributed by atoms with E-state index in [0.29, 0.717) is 0 Å². The number of allylic oxidation sites excluding steroid dienone is 2. The molecule has 7 heavy (non-hydrogen) atoms. The number of hydrogen-bond donors (Lipinski definition) is 1. The van der Waals surface area contributed by atoms with Crippen LogP contribution in [0.2, 0.25) is 0 Å². The highest BCUT2D eigenvalue weighted by molar-refractivity contribution is 5.15. The fourth-order valence-electron chi connectivity index (χ4n) is 0.399. The fraction of sp³-hybridized carbons (Fsp3) is 0.200. The van der Waals surface area contributed by atoms with Gasteiger partial charge in [-0.05, 0) is 6.92 Å². The van der Waals surface area contributed by atoms with Gasteiger partial charge < -0.3 is 4.84 Å². The maximum absolute atomic E-state index is 4.65. The van der Waals surface area contributed by atoms with Gasteiger partial charge in [0.15, 0.2) is 0 Å². The minimum Gasteiger partial charge on any atom is -0.390 e. The molecule has 1 rings (SSSR count). The number of nitrogens with one attached hydrogen (secondary N) is 1. The standard InChI is InChI=1S/C5H7NO/c1-2-5-3-4-7-6-5/h2-4,6H,1H3. The average molecular weight is 97.1 g/mol. The Kier molecular flexibility index (Phi) is 1.02. The second-order valence-electron chi connectivity index (χ2n) is 1.27. The molecular weight excluding hydrogens is 90.1 g/mol. The topological polar surface area (TPSA) is 21.3 Å². The van der Waals surface area contributed by atoms with Gasteiger partial charge in [-0.3, -0.25) is 0 Å². The second-order valence-corrected chi connectivity index (χ2v) is 1.27. The Hall–Kier alpha value is -0.920. The van der Waals surface area contributed by atoms with Crippen LogP contribution in [0.15, 0.2) is 24.1 Å². The van der Waals surface area contributed by atoms with E-state index in [1.54, 1.807) is 6.26 Å². The monoisotopic (exact) mass is 97.1 g/mol. The predicted molar refractivity (Wildman–Crippen MR) is 27.1 cm³/mol. The van der Waals surface area contributed by atoms with Crippen LogP contribution in [0.4, 0.5) is 0 Å². The summed E-state index contributed by atoms with van der Waals surface area (Å²) in [5, 5.41) is 0. The first-order chi connectivity index (χ1) is 3.43. The van der Waals surface area contributed by atoms with Crippen molar-refractivity contribution in [3.05, 3.63) is 24.1 Å². The Labute approximate surface area is 42.4 Å². The summed E-state index contributed by atoms with van der Waals surface area (Å²) >= 11 is 0. The van der Waals surface area contributed by atoms with E-state index < -0.39 is 0 Å². The van der Waals surface area contributed by atoms with Gasteiger partial charge in [0.1, 0.15) is 6.26 Å². The van der Waals surface area contributed by atoms with E-state index in [1.165, 1.54) is 0 Å². The van der Waals surface area contributed by atoms with Crippen molar-refractivity contribution in [1.82, 2.24) is 5.48 Å². The van der Waals surface area contributed by atoms with Gasteiger partial charge in [0, 0.05) is 6.08 Å². The summed E-state index contributed by atoms with van der Waals surface area (Å²) in [4.78, 5) is 4.65. The van der Waals surface area contributed by atoms with E-state index in [9.17, 15) is 0 Å². The highest BCUT2D eigenvalue weighted by Crippen LogP contribution is 1.97. The van der Waals surface area contributed by atoms with Gasteiger partial charge in [0.2, 0.25) is 0 Å². The fourth-order valence-corrected chi connectivity index (χ4v) is 0.399. The summed E-state index contributed by atoms with van der Waals surface area (Å²) in [6.07, 6.45) is 5.40. The molecule has 0 aliphatic carbocycles. The largest absolute Gasteiger partial charge is 0.390 e. The van der Waals surface area contributed by atoms with Crippen molar-refractivity contribution in [2.75, 3.05) is 0 Å². The van der Waals surface area contributed by atoms with E-state index in [0.717, 1.165) is 5.70 Å². The molecule has 0 bridgehead atoms. The molecule has 0 aromatic rings. The van der Waals surface area contributed by atoms with Crippen LogP contribution in [0.1, 0.15) is 6.92 Å². The second kappa shape index (κ2) is 1.69. The van der Waals surface area contributed by atoms with Crippen LogP contribution in [-0.2, 0) is 4.84 Å². The lowest BCUT2D eigenvalue weighted by atomic mass is 10.4. The molecule has 0 fully saturated rings. The molecule has 38 valence electrons. The number of hydroxylamine groups is 1. The molecule has 1 aliphatic rings. The summed E-state index contributed by atoms with van der Waals surface area (Å²) in [6, 6.07) is 0. The van der Waals surface area contributed by atoms with Gasteiger partial charge in [-0.25, -0.2) is 5.48 Å². The van der Waals surface area contributed by atoms with E-state index in [4.69, 9.17) is 0 Å². The molecule has 0 radical (unpaired) electrons. The maximum Gasteiger partial charge on any atom is 0.121 e. The lowest BCUT2D eigenvalue weighted by Gasteiger charge is -1.91. The minimum atomic E-state index is 1.01. The zero-order chi connectivity index (χ0) is 5.11. The Balaban J connectivity index is 2.59. The normalized spacial score (nSPS) is 22.1. The van der Waals surface area contributed by atoms with Gasteiger partial charge in [-0.15, -0.1) is 0 Å². The van der Waals surface area contributed by atoms with Crippen LogP contribution in [0, 0.1) is 0 Å². The molecule has 1 aliphatic heterocycles. The minimum absolute atomic E-state index is 1.01. The van der Waals surface area contributed by atoms with Crippen molar-refractivity contribution < 1.29 is 4.84 Å². The van der Waals surface area contributed by atoms with Crippen molar-refractivity contribution in [3.63, 3.8) is 0 Å². The van der Waals surface area contributed by atoms with Crippen LogP contribution in [0.25, 0.3) is 0 Å². The Bertz CT molecular complexity index is 112. The van der Waals surface area contributed by atoms with Crippen LogP contribution in [0.3, 0.4) is 0 Å². The Morgan fingerprint density at radius 2 is 2.71 bits per heavy atom. The molecule has 0 saturated heterocycles. The summed E-state index contributed by atoms with van der Waals surface area (Å²) in [5.41, 5.74) is 3.67. The predicted octanol–water partition coefficient (Wildman–Crippen LogP) is 0.939. The molecule has 0 spiro atoms. The molecular formula is C5H7NO. The Morgan fingerprint density at radius 3 is 3.00 bits per heavy atom. The summed E-state index contributed by atoms with van der Waals surface area (Å²) < 4.78 is 0. The lowest BCUT2D eigenvalue weighted by Crippen LogP contribution is -2.00. The third-order valence-corrected chi connectivity index (χ3v) is 0.803. The zero-order valence-corrected chi connectivity index (χ0v) is 4.14. The molecule has 0 atom stereocenters. The van der Waals surface area contributed by atoms with Gasteiger partial charge in [-0.1, -0.05) is 6.08 Å². The first kappa shape index (κ1) is 4.24. The Morgan fingerprint density at radius 1 is 1.86 bits per heavy atom. The first-order valence-electron chi connectivity index (χ1n) is 2.18. The van der Waals surface area contributed by atoms with E-state index in [1.807, 2.05) is 19.1 Å². The van der Waals surface area contributed by atoms with Crippen LogP contribution >= 0.6 is 0 Å². The number of rotatable bonds is 0.